The molecule has 1 unspecified atom stereocenters. The number of amides is 1. The lowest BCUT2D eigenvalue weighted by molar-refractivity contribution is -0.124. The lowest BCUT2D eigenvalue weighted by Crippen LogP contribution is -2.54. The molecule has 0 aromatic rings. The van der Waals surface area contributed by atoms with E-state index in [4.69, 9.17) is 10.5 Å². The first-order valence-corrected chi connectivity index (χ1v) is 7.21. The van der Waals surface area contributed by atoms with Crippen LogP contribution >= 0.6 is 0 Å². The van der Waals surface area contributed by atoms with Crippen molar-refractivity contribution in [3.63, 3.8) is 0 Å². The fraction of sp³-hybridized carbons (Fsp3) is 0.929. The van der Waals surface area contributed by atoms with Gasteiger partial charge in [-0.05, 0) is 45.1 Å². The molecule has 1 fully saturated rings. The van der Waals surface area contributed by atoms with Gasteiger partial charge in [-0.1, -0.05) is 19.8 Å². The molecule has 0 bridgehead atoms. The van der Waals surface area contributed by atoms with Crippen molar-refractivity contribution in [3.8, 4) is 0 Å². The third-order valence-electron chi connectivity index (χ3n) is 3.88. The highest BCUT2D eigenvalue weighted by molar-refractivity contribution is 5.84. The number of carbonyl (C=O) groups excluding carboxylic acids is 1. The second-order valence-corrected chi connectivity index (χ2v) is 5.60. The van der Waals surface area contributed by atoms with Crippen LogP contribution in [0.4, 0.5) is 0 Å². The minimum Gasteiger partial charge on any atom is -0.381 e. The van der Waals surface area contributed by atoms with E-state index in [0.717, 1.165) is 25.5 Å². The van der Waals surface area contributed by atoms with Crippen molar-refractivity contribution in [2.45, 2.75) is 57.9 Å². The maximum absolute atomic E-state index is 11.5. The minimum atomic E-state index is -0.633. The summed E-state index contributed by atoms with van der Waals surface area (Å²) in [6.45, 7) is 6.19. The quantitative estimate of drug-likeness (QED) is 0.619. The molecule has 0 saturated heterocycles. The van der Waals surface area contributed by atoms with Crippen LogP contribution in [0.25, 0.3) is 0 Å². The molecule has 4 nitrogen and oxygen atoms in total. The monoisotopic (exact) mass is 256 g/mol. The standard InChI is InChI=1S/C14H28N2O2/c1-3-9-16-14(2,13(15)17)8-10-18-11-12-6-4-5-7-12/h12,16H,3-11H2,1-2H3,(H2,15,17). The van der Waals surface area contributed by atoms with Crippen LogP contribution in [0.5, 0.6) is 0 Å². The lowest BCUT2D eigenvalue weighted by atomic mass is 9.97. The van der Waals surface area contributed by atoms with E-state index < -0.39 is 5.54 Å². The molecule has 1 amide bonds. The summed E-state index contributed by atoms with van der Waals surface area (Å²) >= 11 is 0. The van der Waals surface area contributed by atoms with Crippen LogP contribution in [0.2, 0.25) is 0 Å². The van der Waals surface area contributed by atoms with E-state index in [2.05, 4.69) is 12.2 Å². The Balaban J connectivity index is 2.21. The van der Waals surface area contributed by atoms with Crippen LogP contribution in [0.3, 0.4) is 0 Å². The molecule has 3 N–H and O–H groups in total. The van der Waals surface area contributed by atoms with Crippen LogP contribution in [0.15, 0.2) is 0 Å². The number of hydrogen-bond acceptors (Lipinski definition) is 3. The minimum absolute atomic E-state index is 0.291. The van der Waals surface area contributed by atoms with Crippen molar-refractivity contribution in [2.24, 2.45) is 11.7 Å². The predicted octanol–water partition coefficient (Wildman–Crippen LogP) is 1.83. The third-order valence-corrected chi connectivity index (χ3v) is 3.88. The Morgan fingerprint density at radius 3 is 2.67 bits per heavy atom. The van der Waals surface area contributed by atoms with E-state index >= 15 is 0 Å². The highest BCUT2D eigenvalue weighted by atomic mass is 16.5. The molecule has 18 heavy (non-hydrogen) atoms. The molecule has 0 spiro atoms. The molecule has 1 aliphatic rings. The van der Waals surface area contributed by atoms with Crippen LogP contribution < -0.4 is 11.1 Å². The van der Waals surface area contributed by atoms with Gasteiger partial charge >= 0.3 is 0 Å². The predicted molar refractivity (Wildman–Crippen MR) is 73.3 cm³/mol. The molecule has 1 atom stereocenters. The van der Waals surface area contributed by atoms with E-state index in [1.165, 1.54) is 25.7 Å². The number of ether oxygens (including phenoxy) is 1. The molecule has 0 radical (unpaired) electrons. The topological polar surface area (TPSA) is 64.3 Å². The van der Waals surface area contributed by atoms with Gasteiger partial charge in [0, 0.05) is 13.2 Å². The van der Waals surface area contributed by atoms with Crippen molar-refractivity contribution in [2.75, 3.05) is 19.8 Å². The zero-order chi connectivity index (χ0) is 13.4. The molecule has 106 valence electrons. The summed E-state index contributed by atoms with van der Waals surface area (Å²) in [6, 6.07) is 0. The van der Waals surface area contributed by atoms with Crippen LogP contribution in [0.1, 0.15) is 52.4 Å². The van der Waals surface area contributed by atoms with Crippen molar-refractivity contribution in [3.05, 3.63) is 0 Å². The van der Waals surface area contributed by atoms with Crippen LogP contribution in [0, 0.1) is 5.92 Å². The Labute approximate surface area is 111 Å². The first-order valence-electron chi connectivity index (χ1n) is 7.21. The summed E-state index contributed by atoms with van der Waals surface area (Å²) < 4.78 is 5.70. The van der Waals surface area contributed by atoms with Gasteiger partial charge in [-0.15, -0.1) is 0 Å². The summed E-state index contributed by atoms with van der Waals surface area (Å²) in [5.74, 6) is 0.439. The van der Waals surface area contributed by atoms with E-state index in [0.29, 0.717) is 13.0 Å². The van der Waals surface area contributed by atoms with Crippen LogP contribution in [-0.2, 0) is 9.53 Å². The smallest absolute Gasteiger partial charge is 0.237 e. The van der Waals surface area contributed by atoms with Gasteiger partial charge in [0.15, 0.2) is 0 Å². The average molecular weight is 256 g/mol. The van der Waals surface area contributed by atoms with Crippen molar-refractivity contribution in [1.82, 2.24) is 5.32 Å². The number of nitrogens with two attached hydrogens (primary N) is 1. The summed E-state index contributed by atoms with van der Waals surface area (Å²) in [4.78, 5) is 11.5. The summed E-state index contributed by atoms with van der Waals surface area (Å²) in [7, 11) is 0. The molecular formula is C14H28N2O2. The Hall–Kier alpha value is -0.610. The Bertz CT molecular complexity index is 252. The molecule has 0 aliphatic heterocycles. The largest absolute Gasteiger partial charge is 0.381 e. The maximum Gasteiger partial charge on any atom is 0.237 e. The second kappa shape index (κ2) is 7.74. The van der Waals surface area contributed by atoms with Gasteiger partial charge in [0.2, 0.25) is 5.91 Å². The van der Waals surface area contributed by atoms with Crippen molar-refractivity contribution < 1.29 is 9.53 Å². The molecule has 1 saturated carbocycles. The first-order chi connectivity index (χ1) is 8.58. The van der Waals surface area contributed by atoms with Gasteiger partial charge in [0.05, 0.1) is 5.54 Å². The van der Waals surface area contributed by atoms with Gasteiger partial charge < -0.3 is 15.8 Å². The normalized spacial score (nSPS) is 19.9. The average Bonchev–Trinajstić information content (AvgIpc) is 2.85. The highest BCUT2D eigenvalue weighted by Gasteiger charge is 2.29. The van der Waals surface area contributed by atoms with Crippen molar-refractivity contribution >= 4 is 5.91 Å². The summed E-state index contributed by atoms with van der Waals surface area (Å²) in [6.07, 6.45) is 6.90. The summed E-state index contributed by atoms with van der Waals surface area (Å²) in [5, 5.41) is 3.22. The Kier molecular flexibility index (Phi) is 6.65. The van der Waals surface area contributed by atoms with Gasteiger partial charge in [-0.3, -0.25) is 4.79 Å². The molecule has 4 heteroatoms. The van der Waals surface area contributed by atoms with Gasteiger partial charge in [-0.25, -0.2) is 0 Å². The molecule has 1 rings (SSSR count). The van der Waals surface area contributed by atoms with E-state index in [1.807, 2.05) is 6.92 Å². The van der Waals surface area contributed by atoms with E-state index in [9.17, 15) is 4.79 Å². The zero-order valence-electron chi connectivity index (χ0n) is 11.8. The summed E-state index contributed by atoms with van der Waals surface area (Å²) in [5.41, 5.74) is 4.83. The number of hydrogen-bond donors (Lipinski definition) is 2. The highest BCUT2D eigenvalue weighted by Crippen LogP contribution is 2.24. The number of nitrogens with one attached hydrogen (secondary N) is 1. The van der Waals surface area contributed by atoms with Gasteiger partial charge in [-0.2, -0.15) is 0 Å². The molecular weight excluding hydrogens is 228 g/mol. The lowest BCUT2D eigenvalue weighted by Gasteiger charge is -2.27. The Morgan fingerprint density at radius 2 is 2.11 bits per heavy atom. The fourth-order valence-electron chi connectivity index (χ4n) is 2.40. The van der Waals surface area contributed by atoms with E-state index in [-0.39, 0.29) is 5.91 Å². The molecule has 0 aromatic carbocycles. The molecule has 0 heterocycles. The molecule has 0 aromatic heterocycles. The third kappa shape index (κ3) is 4.94. The number of primary amides is 1. The second-order valence-electron chi connectivity index (χ2n) is 5.60. The van der Waals surface area contributed by atoms with Gasteiger partial charge in [0.1, 0.15) is 0 Å². The molecule has 1 aliphatic carbocycles. The Morgan fingerprint density at radius 1 is 1.44 bits per heavy atom. The SMILES string of the molecule is CCCNC(C)(CCOCC1CCCC1)C(N)=O. The van der Waals surface area contributed by atoms with E-state index in [1.54, 1.807) is 0 Å². The maximum atomic E-state index is 11.5. The zero-order valence-corrected chi connectivity index (χ0v) is 11.8. The van der Waals surface area contributed by atoms with Crippen molar-refractivity contribution in [1.29, 1.82) is 0 Å². The van der Waals surface area contributed by atoms with Gasteiger partial charge in [0.25, 0.3) is 0 Å². The fourth-order valence-corrected chi connectivity index (χ4v) is 2.40. The number of rotatable bonds is 9. The first kappa shape index (κ1) is 15.4. The van der Waals surface area contributed by atoms with Crippen LogP contribution in [-0.4, -0.2) is 31.2 Å². The number of carbonyl (C=O) groups is 1.